The molecule has 0 amide bonds. The predicted octanol–water partition coefficient (Wildman–Crippen LogP) is 2.19. The Labute approximate surface area is 81.1 Å². The molecule has 0 aromatic carbocycles. The van der Waals surface area contributed by atoms with Crippen LogP contribution < -0.4 is 10.1 Å². The van der Waals surface area contributed by atoms with Crippen LogP contribution in [0.3, 0.4) is 0 Å². The summed E-state index contributed by atoms with van der Waals surface area (Å²) in [5.41, 5.74) is 0. The molecular formula is C9H12F2N2O. The van der Waals surface area contributed by atoms with Crippen molar-refractivity contribution in [1.29, 1.82) is 0 Å². The first-order chi connectivity index (χ1) is 6.69. The number of aromatic nitrogens is 1. The molecular weight excluding hydrogens is 190 g/mol. The van der Waals surface area contributed by atoms with Crippen LogP contribution in [0.1, 0.15) is 13.8 Å². The SMILES string of the molecule is CCNc1nc(OCC)c(F)cc1F. The van der Waals surface area contributed by atoms with E-state index in [1.54, 1.807) is 13.8 Å². The topological polar surface area (TPSA) is 34.2 Å². The van der Waals surface area contributed by atoms with Gasteiger partial charge in [-0.3, -0.25) is 0 Å². The summed E-state index contributed by atoms with van der Waals surface area (Å²) in [6.45, 7) is 4.31. The van der Waals surface area contributed by atoms with Crippen LogP contribution in [-0.2, 0) is 0 Å². The van der Waals surface area contributed by atoms with Gasteiger partial charge in [0.25, 0.3) is 5.88 Å². The molecule has 0 saturated carbocycles. The van der Waals surface area contributed by atoms with Gasteiger partial charge in [-0.2, -0.15) is 4.98 Å². The molecule has 0 aliphatic rings. The molecule has 78 valence electrons. The molecule has 1 aromatic rings. The summed E-state index contributed by atoms with van der Waals surface area (Å²) in [7, 11) is 0. The zero-order chi connectivity index (χ0) is 10.6. The van der Waals surface area contributed by atoms with Crippen LogP contribution in [0.15, 0.2) is 6.07 Å². The van der Waals surface area contributed by atoms with Gasteiger partial charge in [-0.1, -0.05) is 0 Å². The molecule has 0 unspecified atom stereocenters. The van der Waals surface area contributed by atoms with E-state index < -0.39 is 11.6 Å². The molecule has 0 radical (unpaired) electrons. The Balaban J connectivity index is 3.00. The molecule has 1 N–H and O–H groups in total. The minimum atomic E-state index is -0.786. The highest BCUT2D eigenvalue weighted by Crippen LogP contribution is 2.20. The fraction of sp³-hybridized carbons (Fsp3) is 0.444. The molecule has 1 rings (SSSR count). The zero-order valence-corrected chi connectivity index (χ0v) is 8.10. The summed E-state index contributed by atoms with van der Waals surface area (Å²) in [6.07, 6.45) is 0. The lowest BCUT2D eigenvalue weighted by atomic mass is 10.4. The van der Waals surface area contributed by atoms with E-state index in [-0.39, 0.29) is 11.7 Å². The monoisotopic (exact) mass is 202 g/mol. The van der Waals surface area contributed by atoms with E-state index in [0.29, 0.717) is 13.2 Å². The largest absolute Gasteiger partial charge is 0.476 e. The second-order valence-electron chi connectivity index (χ2n) is 2.57. The van der Waals surface area contributed by atoms with Crippen molar-refractivity contribution in [2.75, 3.05) is 18.5 Å². The second kappa shape index (κ2) is 4.74. The Bertz CT molecular complexity index is 291. The maximum absolute atomic E-state index is 13.0. The Morgan fingerprint density at radius 3 is 2.64 bits per heavy atom. The summed E-state index contributed by atoms with van der Waals surface area (Å²) in [5, 5.41) is 2.67. The van der Waals surface area contributed by atoms with E-state index in [1.807, 2.05) is 0 Å². The third-order valence-corrected chi connectivity index (χ3v) is 1.52. The Kier molecular flexibility index (Phi) is 3.62. The molecule has 0 bridgehead atoms. The highest BCUT2D eigenvalue weighted by atomic mass is 19.1. The summed E-state index contributed by atoms with van der Waals surface area (Å²) in [6, 6.07) is 0.760. The van der Waals surface area contributed by atoms with Crippen molar-refractivity contribution in [3.05, 3.63) is 17.7 Å². The van der Waals surface area contributed by atoms with Crippen LogP contribution in [0, 0.1) is 11.6 Å². The number of anilines is 1. The van der Waals surface area contributed by atoms with Gasteiger partial charge in [0.2, 0.25) is 0 Å². The van der Waals surface area contributed by atoms with Crippen molar-refractivity contribution >= 4 is 5.82 Å². The van der Waals surface area contributed by atoms with Gasteiger partial charge in [-0.05, 0) is 13.8 Å². The Morgan fingerprint density at radius 1 is 1.36 bits per heavy atom. The molecule has 1 aromatic heterocycles. The van der Waals surface area contributed by atoms with Gasteiger partial charge in [0, 0.05) is 12.6 Å². The lowest BCUT2D eigenvalue weighted by molar-refractivity contribution is 0.306. The molecule has 0 atom stereocenters. The number of pyridine rings is 1. The summed E-state index contributed by atoms with van der Waals surface area (Å²) in [5.74, 6) is -1.67. The quantitative estimate of drug-likeness (QED) is 0.812. The van der Waals surface area contributed by atoms with E-state index in [1.165, 1.54) is 0 Å². The maximum atomic E-state index is 13.0. The van der Waals surface area contributed by atoms with Crippen LogP contribution in [-0.4, -0.2) is 18.1 Å². The molecule has 3 nitrogen and oxygen atoms in total. The first kappa shape index (κ1) is 10.7. The highest BCUT2D eigenvalue weighted by molar-refractivity contribution is 5.39. The van der Waals surface area contributed by atoms with Crippen molar-refractivity contribution in [1.82, 2.24) is 4.98 Å². The normalized spacial score (nSPS) is 10.0. The number of nitrogens with zero attached hydrogens (tertiary/aromatic N) is 1. The first-order valence-electron chi connectivity index (χ1n) is 4.41. The molecule has 0 saturated heterocycles. The van der Waals surface area contributed by atoms with Gasteiger partial charge in [-0.25, -0.2) is 8.78 Å². The van der Waals surface area contributed by atoms with Crippen LogP contribution in [0.25, 0.3) is 0 Å². The number of hydrogen-bond acceptors (Lipinski definition) is 3. The Morgan fingerprint density at radius 2 is 2.07 bits per heavy atom. The molecule has 0 aliphatic carbocycles. The Hall–Kier alpha value is -1.39. The zero-order valence-electron chi connectivity index (χ0n) is 8.10. The van der Waals surface area contributed by atoms with Crippen LogP contribution >= 0.6 is 0 Å². The lowest BCUT2D eigenvalue weighted by Crippen LogP contribution is -2.06. The van der Waals surface area contributed by atoms with Crippen molar-refractivity contribution in [3.8, 4) is 5.88 Å². The van der Waals surface area contributed by atoms with E-state index >= 15 is 0 Å². The summed E-state index contributed by atoms with van der Waals surface area (Å²) >= 11 is 0. The average molecular weight is 202 g/mol. The fourth-order valence-electron chi connectivity index (χ4n) is 0.979. The highest BCUT2D eigenvalue weighted by Gasteiger charge is 2.11. The van der Waals surface area contributed by atoms with Gasteiger partial charge >= 0.3 is 0 Å². The molecule has 0 aliphatic heterocycles. The van der Waals surface area contributed by atoms with Gasteiger partial charge < -0.3 is 10.1 Å². The van der Waals surface area contributed by atoms with E-state index in [2.05, 4.69) is 10.3 Å². The average Bonchev–Trinajstić information content (AvgIpc) is 2.14. The van der Waals surface area contributed by atoms with Crippen molar-refractivity contribution < 1.29 is 13.5 Å². The van der Waals surface area contributed by atoms with E-state index in [0.717, 1.165) is 6.07 Å². The summed E-state index contributed by atoms with van der Waals surface area (Å²) < 4.78 is 30.9. The third-order valence-electron chi connectivity index (χ3n) is 1.52. The van der Waals surface area contributed by atoms with Crippen LogP contribution in [0.5, 0.6) is 5.88 Å². The second-order valence-corrected chi connectivity index (χ2v) is 2.57. The minimum Gasteiger partial charge on any atom is -0.476 e. The van der Waals surface area contributed by atoms with Gasteiger partial charge in [-0.15, -0.1) is 0 Å². The standard InChI is InChI=1S/C9H12F2N2O/c1-3-12-8-6(10)5-7(11)9(13-8)14-4-2/h5H,3-4H2,1-2H3,(H,12,13). The number of hydrogen-bond donors (Lipinski definition) is 1. The number of halogens is 2. The van der Waals surface area contributed by atoms with E-state index in [4.69, 9.17) is 4.74 Å². The third kappa shape index (κ3) is 2.31. The maximum Gasteiger partial charge on any atom is 0.252 e. The number of nitrogens with one attached hydrogen (secondary N) is 1. The van der Waals surface area contributed by atoms with Crippen LogP contribution in [0.4, 0.5) is 14.6 Å². The van der Waals surface area contributed by atoms with Crippen molar-refractivity contribution in [2.24, 2.45) is 0 Å². The van der Waals surface area contributed by atoms with Gasteiger partial charge in [0.1, 0.15) is 0 Å². The predicted molar refractivity (Wildman–Crippen MR) is 49.5 cm³/mol. The molecule has 5 heteroatoms. The fourth-order valence-corrected chi connectivity index (χ4v) is 0.979. The first-order valence-corrected chi connectivity index (χ1v) is 4.41. The number of ether oxygens (including phenoxy) is 1. The molecule has 0 fully saturated rings. The molecule has 0 spiro atoms. The smallest absolute Gasteiger partial charge is 0.252 e. The minimum absolute atomic E-state index is 0.0114. The van der Waals surface area contributed by atoms with Gasteiger partial charge in [0.05, 0.1) is 6.61 Å². The van der Waals surface area contributed by atoms with Crippen LogP contribution in [0.2, 0.25) is 0 Å². The molecule has 14 heavy (non-hydrogen) atoms. The van der Waals surface area contributed by atoms with E-state index in [9.17, 15) is 8.78 Å². The molecule has 1 heterocycles. The van der Waals surface area contributed by atoms with Crippen molar-refractivity contribution in [2.45, 2.75) is 13.8 Å². The summed E-state index contributed by atoms with van der Waals surface area (Å²) in [4.78, 5) is 3.67. The lowest BCUT2D eigenvalue weighted by Gasteiger charge is -2.07. The van der Waals surface area contributed by atoms with Crippen molar-refractivity contribution in [3.63, 3.8) is 0 Å². The van der Waals surface area contributed by atoms with Gasteiger partial charge in [0.15, 0.2) is 17.5 Å². The number of rotatable bonds is 4.